The van der Waals surface area contributed by atoms with E-state index in [1.54, 1.807) is 18.2 Å². The van der Waals surface area contributed by atoms with E-state index in [-0.39, 0.29) is 6.54 Å². The molecule has 1 aromatic carbocycles. The largest absolute Gasteiger partial charge is 0.390 e. The number of aliphatic hydroxyl groups excluding tert-OH is 1. The van der Waals surface area contributed by atoms with Crippen molar-refractivity contribution >= 4 is 23.2 Å². The van der Waals surface area contributed by atoms with Crippen LogP contribution in [0.5, 0.6) is 0 Å². The Morgan fingerprint density at radius 2 is 2.00 bits per heavy atom. The lowest BCUT2D eigenvalue weighted by atomic mass is 10.2. The second kappa shape index (κ2) is 5.77. The molecule has 0 saturated heterocycles. The molecule has 90 valence electrons. The van der Waals surface area contributed by atoms with Gasteiger partial charge in [-0.15, -0.1) is 0 Å². The number of nitrogens with one attached hydrogen (secondary N) is 1. The molecule has 0 spiro atoms. The first kappa shape index (κ1) is 13.6. The van der Waals surface area contributed by atoms with Crippen molar-refractivity contribution in [3.8, 4) is 0 Å². The zero-order chi connectivity index (χ0) is 12.2. The Hall–Kier alpha value is -0.420. The van der Waals surface area contributed by atoms with Crippen molar-refractivity contribution in [3.05, 3.63) is 33.8 Å². The van der Waals surface area contributed by atoms with Crippen molar-refractivity contribution in [2.24, 2.45) is 0 Å². The lowest BCUT2D eigenvalue weighted by molar-refractivity contribution is -0.0477. The Kier molecular flexibility index (Phi) is 4.92. The van der Waals surface area contributed by atoms with Gasteiger partial charge >= 0.3 is 0 Å². The van der Waals surface area contributed by atoms with Crippen LogP contribution in [0, 0.1) is 0 Å². The van der Waals surface area contributed by atoms with Gasteiger partial charge in [-0.1, -0.05) is 29.3 Å². The number of aliphatic hydroxyl groups is 1. The van der Waals surface area contributed by atoms with E-state index in [0.29, 0.717) is 15.6 Å². The highest BCUT2D eigenvalue weighted by atomic mass is 35.5. The average molecular weight is 270 g/mol. The third kappa shape index (κ3) is 4.22. The summed E-state index contributed by atoms with van der Waals surface area (Å²) in [5, 5.41) is 11.8. The van der Waals surface area contributed by atoms with E-state index in [4.69, 9.17) is 28.3 Å². The highest BCUT2D eigenvalue weighted by Gasteiger charge is 2.26. The maximum Gasteiger partial charge on any atom is 0.282 e. The Morgan fingerprint density at radius 1 is 1.31 bits per heavy atom. The SMILES string of the molecule is OCC(F)(F)CNCc1ccc(Cl)cc1Cl. The summed E-state index contributed by atoms with van der Waals surface area (Å²) in [6.07, 6.45) is 0. The number of hydrogen-bond donors (Lipinski definition) is 2. The van der Waals surface area contributed by atoms with Crippen LogP contribution in [0.2, 0.25) is 10.0 Å². The summed E-state index contributed by atoms with van der Waals surface area (Å²) in [6, 6.07) is 4.84. The van der Waals surface area contributed by atoms with Gasteiger partial charge in [0.2, 0.25) is 0 Å². The maximum atomic E-state index is 12.7. The summed E-state index contributed by atoms with van der Waals surface area (Å²) in [7, 11) is 0. The molecule has 2 N–H and O–H groups in total. The average Bonchev–Trinajstić information content (AvgIpc) is 2.21. The molecule has 0 aliphatic heterocycles. The predicted molar refractivity (Wildman–Crippen MR) is 60.2 cm³/mol. The fourth-order valence-corrected chi connectivity index (χ4v) is 1.58. The number of alkyl halides is 2. The van der Waals surface area contributed by atoms with Crippen molar-refractivity contribution < 1.29 is 13.9 Å². The smallest absolute Gasteiger partial charge is 0.282 e. The molecule has 0 amide bonds. The van der Waals surface area contributed by atoms with Crippen LogP contribution in [-0.4, -0.2) is 24.2 Å². The van der Waals surface area contributed by atoms with Crippen molar-refractivity contribution in [1.29, 1.82) is 0 Å². The Labute approximate surface area is 102 Å². The minimum absolute atomic E-state index is 0.200. The summed E-state index contributed by atoms with van der Waals surface area (Å²) in [5.74, 6) is -3.11. The summed E-state index contributed by atoms with van der Waals surface area (Å²) in [5.41, 5.74) is 0.680. The molecule has 0 saturated carbocycles. The molecule has 0 aliphatic rings. The predicted octanol–water partition coefficient (Wildman–Crippen LogP) is 2.71. The van der Waals surface area contributed by atoms with E-state index < -0.39 is 19.1 Å². The molecule has 2 nitrogen and oxygen atoms in total. The van der Waals surface area contributed by atoms with Gasteiger partial charge in [0.1, 0.15) is 6.61 Å². The van der Waals surface area contributed by atoms with E-state index in [1.165, 1.54) is 0 Å². The van der Waals surface area contributed by atoms with E-state index >= 15 is 0 Å². The van der Waals surface area contributed by atoms with Crippen LogP contribution >= 0.6 is 23.2 Å². The van der Waals surface area contributed by atoms with Crippen molar-refractivity contribution in [3.63, 3.8) is 0 Å². The molecule has 0 fully saturated rings. The third-order valence-corrected chi connectivity index (χ3v) is 2.53. The van der Waals surface area contributed by atoms with Gasteiger partial charge in [0, 0.05) is 16.6 Å². The van der Waals surface area contributed by atoms with E-state index in [2.05, 4.69) is 5.32 Å². The molecular weight excluding hydrogens is 259 g/mol. The highest BCUT2D eigenvalue weighted by molar-refractivity contribution is 6.35. The molecule has 0 aromatic heterocycles. The van der Waals surface area contributed by atoms with Gasteiger partial charge in [-0.2, -0.15) is 0 Å². The van der Waals surface area contributed by atoms with E-state index in [9.17, 15) is 8.78 Å². The van der Waals surface area contributed by atoms with Gasteiger partial charge in [-0.25, -0.2) is 8.78 Å². The molecule has 0 bridgehead atoms. The summed E-state index contributed by atoms with van der Waals surface area (Å²) in [6.45, 7) is -1.57. The first-order valence-corrected chi connectivity index (χ1v) is 5.33. The Morgan fingerprint density at radius 3 is 2.56 bits per heavy atom. The second-order valence-corrected chi connectivity index (χ2v) is 4.20. The summed E-state index contributed by atoms with van der Waals surface area (Å²) < 4.78 is 25.3. The zero-order valence-electron chi connectivity index (χ0n) is 8.31. The van der Waals surface area contributed by atoms with Crippen molar-refractivity contribution in [1.82, 2.24) is 5.32 Å². The van der Waals surface area contributed by atoms with Crippen LogP contribution in [0.3, 0.4) is 0 Å². The standard InChI is InChI=1S/C10H11Cl2F2NO/c11-8-2-1-7(9(12)3-8)4-15-5-10(13,14)6-16/h1-3,15-16H,4-6H2. The van der Waals surface area contributed by atoms with Gasteiger partial charge < -0.3 is 10.4 Å². The number of benzene rings is 1. The maximum absolute atomic E-state index is 12.7. The first-order valence-electron chi connectivity index (χ1n) is 4.58. The molecule has 0 radical (unpaired) electrons. The zero-order valence-corrected chi connectivity index (χ0v) is 9.82. The van der Waals surface area contributed by atoms with Crippen LogP contribution in [0.1, 0.15) is 5.56 Å². The lowest BCUT2D eigenvalue weighted by Gasteiger charge is -2.14. The van der Waals surface area contributed by atoms with Crippen molar-refractivity contribution in [2.45, 2.75) is 12.5 Å². The van der Waals surface area contributed by atoms with Gasteiger partial charge in [-0.05, 0) is 17.7 Å². The van der Waals surface area contributed by atoms with Gasteiger partial charge in [0.15, 0.2) is 0 Å². The molecule has 0 unspecified atom stereocenters. The monoisotopic (exact) mass is 269 g/mol. The Balaban J connectivity index is 2.49. The minimum atomic E-state index is -3.11. The molecule has 0 heterocycles. The quantitative estimate of drug-likeness (QED) is 0.862. The minimum Gasteiger partial charge on any atom is -0.390 e. The second-order valence-electron chi connectivity index (χ2n) is 3.35. The topological polar surface area (TPSA) is 32.3 Å². The number of hydrogen-bond acceptors (Lipinski definition) is 2. The highest BCUT2D eigenvalue weighted by Crippen LogP contribution is 2.21. The Bertz CT molecular complexity index is 361. The van der Waals surface area contributed by atoms with Crippen LogP contribution in [-0.2, 0) is 6.54 Å². The van der Waals surface area contributed by atoms with Gasteiger partial charge in [0.05, 0.1) is 6.54 Å². The molecule has 16 heavy (non-hydrogen) atoms. The fraction of sp³-hybridized carbons (Fsp3) is 0.400. The molecular formula is C10H11Cl2F2NO. The fourth-order valence-electron chi connectivity index (χ4n) is 1.10. The van der Waals surface area contributed by atoms with Crippen LogP contribution in [0.4, 0.5) is 8.78 Å². The van der Waals surface area contributed by atoms with Crippen molar-refractivity contribution in [2.75, 3.05) is 13.2 Å². The molecule has 0 atom stereocenters. The van der Waals surface area contributed by atoms with Crippen LogP contribution < -0.4 is 5.32 Å². The first-order chi connectivity index (χ1) is 7.44. The van der Waals surface area contributed by atoms with Gasteiger partial charge in [0.25, 0.3) is 5.92 Å². The molecule has 6 heteroatoms. The van der Waals surface area contributed by atoms with Crippen LogP contribution in [0.25, 0.3) is 0 Å². The molecule has 0 aliphatic carbocycles. The summed E-state index contributed by atoms with van der Waals surface area (Å²) in [4.78, 5) is 0. The van der Waals surface area contributed by atoms with E-state index in [0.717, 1.165) is 0 Å². The van der Waals surface area contributed by atoms with E-state index in [1.807, 2.05) is 0 Å². The third-order valence-electron chi connectivity index (χ3n) is 1.95. The normalized spacial score (nSPS) is 11.8. The number of halogens is 4. The summed E-state index contributed by atoms with van der Waals surface area (Å²) >= 11 is 11.5. The van der Waals surface area contributed by atoms with Crippen LogP contribution in [0.15, 0.2) is 18.2 Å². The lowest BCUT2D eigenvalue weighted by Crippen LogP contribution is -2.35. The molecule has 1 aromatic rings. The number of rotatable bonds is 5. The van der Waals surface area contributed by atoms with Gasteiger partial charge in [-0.3, -0.25) is 0 Å². The molecule has 1 rings (SSSR count).